The number of benzene rings is 1. The molecule has 0 unspecified atom stereocenters. The number of hydrogen-bond acceptors (Lipinski definition) is 5. The highest BCUT2D eigenvalue weighted by Crippen LogP contribution is 2.32. The highest BCUT2D eigenvalue weighted by atomic mass is 35.5. The number of anilines is 1. The molecule has 0 aliphatic carbocycles. The highest BCUT2D eigenvalue weighted by Gasteiger charge is 2.35. The Labute approximate surface area is 190 Å². The van der Waals surface area contributed by atoms with E-state index >= 15 is 0 Å². The Morgan fingerprint density at radius 3 is 2.84 bits per heavy atom. The van der Waals surface area contributed by atoms with Crippen LogP contribution in [0.4, 0.5) is 5.69 Å². The van der Waals surface area contributed by atoms with Crippen LogP contribution in [0.1, 0.15) is 48.5 Å². The van der Waals surface area contributed by atoms with Crippen LogP contribution < -0.4 is 5.32 Å². The number of carbonyl (C=O) groups is 2. The lowest BCUT2D eigenvalue weighted by Gasteiger charge is -2.23. The van der Waals surface area contributed by atoms with E-state index in [4.69, 9.17) is 16.0 Å². The minimum atomic E-state index is -0.545. The predicted molar refractivity (Wildman–Crippen MR) is 119 cm³/mol. The van der Waals surface area contributed by atoms with Gasteiger partial charge in [-0.2, -0.15) is 0 Å². The lowest BCUT2D eigenvalue weighted by atomic mass is 10.1. The topological polar surface area (TPSA) is 93.3 Å². The molecule has 2 amide bonds. The molecule has 5 rings (SSSR count). The van der Waals surface area contributed by atoms with Crippen LogP contribution >= 0.6 is 11.6 Å². The molecule has 9 heteroatoms. The second kappa shape index (κ2) is 8.78. The average Bonchev–Trinajstić information content (AvgIpc) is 3.54. The molecule has 1 N–H and O–H groups in total. The number of nitrogens with zero attached hydrogens (tertiary/aromatic N) is 4. The zero-order valence-electron chi connectivity index (χ0n) is 17.6. The Morgan fingerprint density at radius 2 is 2.00 bits per heavy atom. The fraction of sp³-hybridized carbons (Fsp3) is 0.391. The van der Waals surface area contributed by atoms with Gasteiger partial charge in [0.05, 0.1) is 11.3 Å². The molecule has 8 nitrogen and oxygen atoms in total. The van der Waals surface area contributed by atoms with Gasteiger partial charge >= 0.3 is 0 Å². The van der Waals surface area contributed by atoms with E-state index < -0.39 is 6.04 Å². The number of aromatic nitrogens is 3. The summed E-state index contributed by atoms with van der Waals surface area (Å²) in [5, 5.41) is 12.3. The highest BCUT2D eigenvalue weighted by molar-refractivity contribution is 6.33. The van der Waals surface area contributed by atoms with Gasteiger partial charge in [-0.1, -0.05) is 18.0 Å². The van der Waals surface area contributed by atoms with E-state index in [9.17, 15) is 9.59 Å². The summed E-state index contributed by atoms with van der Waals surface area (Å²) in [6.07, 6.45) is 7.09. The summed E-state index contributed by atoms with van der Waals surface area (Å²) in [5.74, 6) is 1.44. The molecule has 0 saturated carbocycles. The van der Waals surface area contributed by atoms with Crippen molar-refractivity contribution in [3.05, 3.63) is 53.2 Å². The normalized spacial score (nSPS) is 18.3. The minimum absolute atomic E-state index is 0.226. The first-order chi connectivity index (χ1) is 15.6. The molecule has 2 aliphatic rings. The molecule has 2 aromatic heterocycles. The van der Waals surface area contributed by atoms with Crippen molar-refractivity contribution in [2.45, 2.75) is 51.1 Å². The van der Waals surface area contributed by atoms with Crippen LogP contribution in [0.3, 0.4) is 0 Å². The van der Waals surface area contributed by atoms with E-state index in [1.54, 1.807) is 29.2 Å². The number of nitrogens with one attached hydrogen (secondary N) is 1. The maximum Gasteiger partial charge on any atom is 0.290 e. The standard InChI is InChI=1S/C23H24ClN5O3/c24-17-10-9-15(14-16(17)21-27-26-20-8-2-1-3-11-29(20)21)25-22(30)18-6-4-12-28(18)23(31)19-7-5-13-32-19/h5,7,9-10,13-14,18H,1-4,6,8,11-12H2,(H,25,30)/t18-/m0/s1. The molecule has 0 spiro atoms. The molecular formula is C23H24ClN5O3. The summed E-state index contributed by atoms with van der Waals surface area (Å²) in [6, 6.07) is 8.08. The third-order valence-electron chi connectivity index (χ3n) is 6.13. The fourth-order valence-corrected chi connectivity index (χ4v) is 4.71. The molecule has 0 radical (unpaired) electrons. The molecule has 1 atom stereocenters. The zero-order valence-corrected chi connectivity index (χ0v) is 18.3. The van der Waals surface area contributed by atoms with E-state index in [0.29, 0.717) is 23.7 Å². The molecule has 4 heterocycles. The van der Waals surface area contributed by atoms with Gasteiger partial charge in [-0.3, -0.25) is 9.59 Å². The number of furan rings is 1. The molecular weight excluding hydrogens is 430 g/mol. The van der Waals surface area contributed by atoms with Crippen molar-refractivity contribution in [3.8, 4) is 11.4 Å². The summed E-state index contributed by atoms with van der Waals surface area (Å²) < 4.78 is 7.35. The Balaban J connectivity index is 1.37. The van der Waals surface area contributed by atoms with Gasteiger partial charge < -0.3 is 19.2 Å². The summed E-state index contributed by atoms with van der Waals surface area (Å²) in [6.45, 7) is 1.38. The van der Waals surface area contributed by atoms with Crippen molar-refractivity contribution in [2.24, 2.45) is 0 Å². The molecule has 166 valence electrons. The lowest BCUT2D eigenvalue weighted by molar-refractivity contribution is -0.119. The smallest absolute Gasteiger partial charge is 0.290 e. The van der Waals surface area contributed by atoms with Gasteiger partial charge in [-0.15, -0.1) is 10.2 Å². The SMILES string of the molecule is O=C(Nc1ccc(Cl)c(-c2nnc3n2CCCCC3)c1)[C@@H]1CCCN1C(=O)c1ccco1. The Hall–Kier alpha value is -3.13. The van der Waals surface area contributed by atoms with E-state index in [-0.39, 0.29) is 17.6 Å². The van der Waals surface area contributed by atoms with Crippen LogP contribution in [0.15, 0.2) is 41.0 Å². The van der Waals surface area contributed by atoms with Crippen LogP contribution in [-0.2, 0) is 17.8 Å². The van der Waals surface area contributed by atoms with Gasteiger partial charge in [0.15, 0.2) is 11.6 Å². The van der Waals surface area contributed by atoms with E-state index in [0.717, 1.165) is 49.4 Å². The maximum absolute atomic E-state index is 13.1. The van der Waals surface area contributed by atoms with Crippen molar-refractivity contribution >= 4 is 29.1 Å². The van der Waals surface area contributed by atoms with Crippen LogP contribution in [-0.4, -0.2) is 44.1 Å². The van der Waals surface area contributed by atoms with Crippen LogP contribution in [0.5, 0.6) is 0 Å². The number of aryl methyl sites for hydroxylation is 1. The van der Waals surface area contributed by atoms with Crippen LogP contribution in [0, 0.1) is 0 Å². The summed E-state index contributed by atoms with van der Waals surface area (Å²) in [7, 11) is 0. The maximum atomic E-state index is 13.1. The number of rotatable bonds is 4. The minimum Gasteiger partial charge on any atom is -0.459 e. The van der Waals surface area contributed by atoms with Crippen LogP contribution in [0.25, 0.3) is 11.4 Å². The van der Waals surface area contributed by atoms with Crippen molar-refractivity contribution in [1.82, 2.24) is 19.7 Å². The Bertz CT molecular complexity index is 1140. The van der Waals surface area contributed by atoms with Crippen LogP contribution in [0.2, 0.25) is 5.02 Å². The molecule has 2 aliphatic heterocycles. The summed E-state index contributed by atoms with van der Waals surface area (Å²) in [4.78, 5) is 27.3. The van der Waals surface area contributed by atoms with Gasteiger partial charge in [-0.25, -0.2) is 0 Å². The molecule has 1 saturated heterocycles. The van der Waals surface area contributed by atoms with Gasteiger partial charge in [0, 0.05) is 30.8 Å². The van der Waals surface area contributed by atoms with Crippen molar-refractivity contribution in [1.29, 1.82) is 0 Å². The first-order valence-corrected chi connectivity index (χ1v) is 11.4. The predicted octanol–water partition coefficient (Wildman–Crippen LogP) is 4.16. The van der Waals surface area contributed by atoms with E-state index in [1.165, 1.54) is 12.7 Å². The first-order valence-electron chi connectivity index (χ1n) is 11.0. The van der Waals surface area contributed by atoms with Gasteiger partial charge in [0.25, 0.3) is 5.91 Å². The second-order valence-electron chi connectivity index (χ2n) is 8.22. The lowest BCUT2D eigenvalue weighted by Crippen LogP contribution is -2.43. The largest absolute Gasteiger partial charge is 0.459 e. The number of amides is 2. The van der Waals surface area contributed by atoms with Crippen molar-refractivity contribution in [3.63, 3.8) is 0 Å². The number of halogens is 1. The fourth-order valence-electron chi connectivity index (χ4n) is 4.51. The Morgan fingerprint density at radius 1 is 1.09 bits per heavy atom. The molecule has 3 aromatic rings. The number of hydrogen-bond donors (Lipinski definition) is 1. The van der Waals surface area contributed by atoms with Gasteiger partial charge in [0.1, 0.15) is 11.9 Å². The van der Waals surface area contributed by atoms with E-state index in [2.05, 4.69) is 20.1 Å². The average molecular weight is 454 g/mol. The number of carbonyl (C=O) groups excluding carboxylic acids is 2. The first kappa shape index (κ1) is 20.8. The third kappa shape index (κ3) is 3.90. The van der Waals surface area contributed by atoms with Crippen molar-refractivity contribution in [2.75, 3.05) is 11.9 Å². The van der Waals surface area contributed by atoms with Crippen molar-refractivity contribution < 1.29 is 14.0 Å². The monoisotopic (exact) mass is 453 g/mol. The summed E-state index contributed by atoms with van der Waals surface area (Å²) in [5.41, 5.74) is 1.35. The Kier molecular flexibility index (Phi) is 5.70. The summed E-state index contributed by atoms with van der Waals surface area (Å²) >= 11 is 6.50. The molecule has 0 bridgehead atoms. The zero-order chi connectivity index (χ0) is 22.1. The van der Waals surface area contributed by atoms with E-state index in [1.807, 2.05) is 6.07 Å². The number of fused-ring (bicyclic) bond motifs is 1. The second-order valence-corrected chi connectivity index (χ2v) is 8.63. The van der Waals surface area contributed by atoms with Gasteiger partial charge in [0.2, 0.25) is 5.91 Å². The molecule has 1 aromatic carbocycles. The van der Waals surface area contributed by atoms with Gasteiger partial charge in [-0.05, 0) is 56.0 Å². The molecule has 32 heavy (non-hydrogen) atoms. The number of likely N-dealkylation sites (tertiary alicyclic amines) is 1. The molecule has 1 fully saturated rings. The third-order valence-corrected chi connectivity index (χ3v) is 6.46. The quantitative estimate of drug-likeness (QED) is 0.640.